The number of hydrogen-bond acceptors (Lipinski definition) is 0. The third-order valence-corrected chi connectivity index (χ3v) is 20.5. The van der Waals surface area contributed by atoms with Crippen LogP contribution in [0.4, 0.5) is 0 Å². The molecule has 5 heteroatoms. The molecule has 0 amide bonds. The molecule has 0 saturated carbocycles. The van der Waals surface area contributed by atoms with Crippen molar-refractivity contribution in [3.63, 3.8) is 0 Å². The molecule has 0 fully saturated rings. The Kier molecular flexibility index (Phi) is 18.8. The van der Waals surface area contributed by atoms with Gasteiger partial charge in [0.15, 0.2) is 0 Å². The van der Waals surface area contributed by atoms with E-state index >= 15 is 0 Å². The summed E-state index contributed by atoms with van der Waals surface area (Å²) in [7, 11) is -1.24. The molecule has 0 unspecified atom stereocenters. The van der Waals surface area contributed by atoms with Crippen molar-refractivity contribution >= 4 is 74.1 Å². The summed E-state index contributed by atoms with van der Waals surface area (Å²) in [5, 5.41) is 11.9. The number of rotatable bonds is 16. The van der Waals surface area contributed by atoms with Crippen molar-refractivity contribution in [3.8, 4) is 0 Å². The Balaban J connectivity index is 0.000000195. The van der Waals surface area contributed by atoms with Crippen LogP contribution < -0.4 is 42.4 Å². The van der Waals surface area contributed by atoms with E-state index < -0.39 is 0 Å². The zero-order chi connectivity index (χ0) is 39.5. The molecule has 0 spiro atoms. The predicted octanol–water partition coefficient (Wildman–Crippen LogP) is 11.3. The number of hydrogen-bond donors (Lipinski definition) is 0. The van der Waals surface area contributed by atoms with Crippen LogP contribution in [0.5, 0.6) is 0 Å². The molecule has 0 heterocycles. The molecule has 0 atom stereocenters. The molecule has 0 aromatic heterocycles. The van der Waals surface area contributed by atoms with Crippen molar-refractivity contribution in [3.05, 3.63) is 243 Å². The zero-order valence-electron chi connectivity index (χ0n) is 33.4. The topological polar surface area (TPSA) is 0 Å². The Morgan fingerprint density at radius 1 is 0.186 bits per heavy atom. The van der Waals surface area contributed by atoms with Gasteiger partial charge >= 0.3 is 0 Å². The molecule has 0 bridgehead atoms. The van der Waals surface area contributed by atoms with E-state index in [0.29, 0.717) is 0 Å². The van der Waals surface area contributed by atoms with Crippen LogP contribution in [0.1, 0.15) is 12.8 Å². The molecular weight excluding hydrogens is 831 g/mol. The Labute approximate surface area is 368 Å². The van der Waals surface area contributed by atoms with Crippen LogP contribution in [0, 0.1) is 0 Å². The first-order valence-electron chi connectivity index (χ1n) is 20.3. The molecule has 0 N–H and O–H groups in total. The van der Waals surface area contributed by atoms with E-state index in [2.05, 4.69) is 243 Å². The first-order valence-corrected chi connectivity index (χ1v) is 26.4. The summed E-state index contributed by atoms with van der Waals surface area (Å²) in [4.78, 5) is 0. The summed E-state index contributed by atoms with van der Waals surface area (Å²) in [6, 6.07) is 88.6. The van der Waals surface area contributed by atoms with Gasteiger partial charge in [-0.25, -0.2) is 0 Å². The van der Waals surface area contributed by atoms with Gasteiger partial charge in [0, 0.05) is 16.5 Å². The van der Waals surface area contributed by atoms with E-state index in [9.17, 15) is 0 Å². The maximum Gasteiger partial charge on any atom is 0 e. The van der Waals surface area contributed by atoms with Crippen LogP contribution in [-0.4, -0.2) is 24.6 Å². The van der Waals surface area contributed by atoms with Crippen LogP contribution in [0.2, 0.25) is 0 Å². The summed E-state index contributed by atoms with van der Waals surface area (Å²) in [6.45, 7) is 0. The van der Waals surface area contributed by atoms with Crippen molar-refractivity contribution in [2.45, 2.75) is 12.8 Å². The second kappa shape index (κ2) is 24.9. The molecule has 59 heavy (non-hydrogen) atoms. The molecule has 0 aliphatic heterocycles. The van der Waals surface area contributed by atoms with Gasteiger partial charge in [0.1, 0.15) is 0 Å². The summed E-state index contributed by atoms with van der Waals surface area (Å²) in [6.07, 6.45) is 7.43. The fourth-order valence-electron chi connectivity index (χ4n) is 7.27. The molecule has 0 saturated heterocycles. The largest absolute Gasteiger partial charge is 0.0622 e. The Hall–Kier alpha value is -4.03. The first kappa shape index (κ1) is 44.5. The third-order valence-electron chi connectivity index (χ3n) is 10.1. The summed E-state index contributed by atoms with van der Waals surface area (Å²) in [5.41, 5.74) is 0. The van der Waals surface area contributed by atoms with Gasteiger partial charge in [0.25, 0.3) is 0 Å². The van der Waals surface area contributed by atoms with E-state index in [0.717, 1.165) is 0 Å². The van der Waals surface area contributed by atoms with E-state index in [-0.39, 0.29) is 48.2 Å². The van der Waals surface area contributed by atoms with Crippen LogP contribution in [0.3, 0.4) is 0 Å². The average Bonchev–Trinajstić information content (AvgIpc) is 3.32. The van der Waals surface area contributed by atoms with Crippen molar-refractivity contribution in [1.29, 1.82) is 0 Å². The van der Waals surface area contributed by atoms with Gasteiger partial charge in [0.2, 0.25) is 0 Å². The minimum absolute atomic E-state index is 0. The predicted molar refractivity (Wildman–Crippen MR) is 265 cm³/mol. The standard InChI is InChI=1S/2C27H26P2.Ni/c2*1-5-14-24(15-6-1)28(25-16-7-2-8-17-25)22-13-23-29(26-18-9-3-10-19-26)27-20-11-4-12-21-27;/h2*1-12,14-21H,13,22-23H2;. The van der Waals surface area contributed by atoms with Gasteiger partial charge in [-0.2, -0.15) is 0 Å². The van der Waals surface area contributed by atoms with E-state index in [1.165, 1.54) is 79.9 Å². The molecule has 298 valence electrons. The average molecular weight is 884 g/mol. The van der Waals surface area contributed by atoms with Crippen molar-refractivity contribution in [1.82, 2.24) is 0 Å². The van der Waals surface area contributed by atoms with Crippen LogP contribution >= 0.6 is 31.7 Å². The van der Waals surface area contributed by atoms with Crippen molar-refractivity contribution < 1.29 is 16.5 Å². The Morgan fingerprint density at radius 2 is 0.305 bits per heavy atom. The summed E-state index contributed by atoms with van der Waals surface area (Å²) < 4.78 is 0. The quantitative estimate of drug-likeness (QED) is 0.0670. The summed E-state index contributed by atoms with van der Waals surface area (Å²) >= 11 is 0. The van der Waals surface area contributed by atoms with Gasteiger partial charge in [-0.15, -0.1) is 0 Å². The van der Waals surface area contributed by atoms with Gasteiger partial charge in [0.05, 0.1) is 0 Å². The molecule has 0 radical (unpaired) electrons. The second-order valence-electron chi connectivity index (χ2n) is 14.0. The van der Waals surface area contributed by atoms with E-state index in [1.807, 2.05) is 0 Å². The third kappa shape index (κ3) is 13.5. The van der Waals surface area contributed by atoms with Crippen LogP contribution in [0.25, 0.3) is 0 Å². The Bertz CT molecular complexity index is 1790. The molecule has 8 aromatic carbocycles. The van der Waals surface area contributed by atoms with E-state index in [4.69, 9.17) is 0 Å². The van der Waals surface area contributed by atoms with Crippen LogP contribution in [0.15, 0.2) is 243 Å². The molecule has 8 aromatic rings. The van der Waals surface area contributed by atoms with Gasteiger partial charge in [-0.3, -0.25) is 0 Å². The minimum Gasteiger partial charge on any atom is -0.0622 e. The van der Waals surface area contributed by atoms with Crippen LogP contribution in [-0.2, 0) is 16.5 Å². The Morgan fingerprint density at radius 3 is 0.424 bits per heavy atom. The first-order chi connectivity index (χ1) is 28.8. The summed E-state index contributed by atoms with van der Waals surface area (Å²) in [5.74, 6) is 0. The molecule has 8 rings (SSSR count). The SMILES string of the molecule is [Ni].c1ccc(P(CCCP(c2ccccc2)c2ccccc2)c2ccccc2)cc1.c1ccc(P(CCCP(c2ccccc2)c2ccccc2)c2ccccc2)cc1. The zero-order valence-corrected chi connectivity index (χ0v) is 38.0. The second-order valence-corrected chi connectivity index (χ2v) is 23.3. The molecule has 0 aliphatic rings. The fraction of sp³-hybridized carbons (Fsp3) is 0.111. The monoisotopic (exact) mass is 882 g/mol. The van der Waals surface area contributed by atoms with Crippen molar-refractivity contribution in [2.75, 3.05) is 24.6 Å². The number of benzene rings is 8. The van der Waals surface area contributed by atoms with Gasteiger partial charge < -0.3 is 0 Å². The van der Waals surface area contributed by atoms with Gasteiger partial charge in [-0.1, -0.05) is 243 Å². The maximum absolute atomic E-state index is 2.30. The smallest absolute Gasteiger partial charge is 0 e. The van der Waals surface area contributed by atoms with Crippen molar-refractivity contribution in [2.24, 2.45) is 0 Å². The fourth-order valence-corrected chi connectivity index (χ4v) is 17.2. The molecular formula is C54H52NiP4. The normalized spacial score (nSPS) is 10.9. The molecule has 0 aliphatic carbocycles. The van der Waals surface area contributed by atoms with Gasteiger partial charge in [-0.05, 0) is 112 Å². The van der Waals surface area contributed by atoms with E-state index in [1.54, 1.807) is 0 Å². The maximum atomic E-state index is 2.30. The molecule has 0 nitrogen and oxygen atoms in total. The minimum atomic E-state index is -0.309.